The fourth-order valence-corrected chi connectivity index (χ4v) is 0.947. The predicted octanol–water partition coefficient (Wildman–Crippen LogP) is -0.817. The van der Waals surface area contributed by atoms with Crippen molar-refractivity contribution in [3.63, 3.8) is 0 Å². The Bertz CT molecular complexity index is 164. The smallest absolute Gasteiger partial charge is 0.0823 e. The fraction of sp³-hybridized carbons (Fsp3) is 0.500. The highest BCUT2D eigenvalue weighted by Crippen LogP contribution is 1.90. The van der Waals surface area contributed by atoms with Crippen LogP contribution in [0.1, 0.15) is 0 Å². The first-order chi connectivity index (χ1) is 4.86. The monoisotopic (exact) mass is 134 g/mol. The number of terminal acetylenes is 2. The van der Waals surface area contributed by atoms with Crippen molar-refractivity contribution in [1.29, 1.82) is 0 Å². The number of piperazine rings is 1. The molecular weight excluding hydrogens is 124 g/mol. The molecule has 2 unspecified atom stereocenters. The fourth-order valence-electron chi connectivity index (χ4n) is 0.947. The molecule has 0 aliphatic carbocycles. The summed E-state index contributed by atoms with van der Waals surface area (Å²) < 4.78 is 0. The maximum absolute atomic E-state index is 5.20. The Kier molecular flexibility index (Phi) is 2.34. The number of rotatable bonds is 0. The van der Waals surface area contributed by atoms with Crippen LogP contribution in [0.2, 0.25) is 0 Å². The second-order valence-electron chi connectivity index (χ2n) is 2.26. The van der Waals surface area contributed by atoms with Gasteiger partial charge in [-0.1, -0.05) is 11.8 Å². The minimum Gasteiger partial charge on any atom is -0.312 e. The number of hydrogen-bond donors (Lipinski definition) is 2. The second kappa shape index (κ2) is 3.27. The third-order valence-electron chi connectivity index (χ3n) is 1.50. The lowest BCUT2D eigenvalue weighted by atomic mass is 10.2. The average molecular weight is 134 g/mol. The quantitative estimate of drug-likeness (QED) is 0.423. The zero-order valence-corrected chi connectivity index (χ0v) is 5.72. The van der Waals surface area contributed by atoms with Crippen LogP contribution in [0.4, 0.5) is 0 Å². The van der Waals surface area contributed by atoms with E-state index in [2.05, 4.69) is 22.5 Å². The van der Waals surface area contributed by atoms with E-state index in [1.807, 2.05) is 0 Å². The first kappa shape index (κ1) is 7.15. The van der Waals surface area contributed by atoms with Crippen molar-refractivity contribution in [1.82, 2.24) is 10.6 Å². The van der Waals surface area contributed by atoms with E-state index in [0.717, 1.165) is 13.1 Å². The Morgan fingerprint density at radius 1 is 1.10 bits per heavy atom. The van der Waals surface area contributed by atoms with Gasteiger partial charge in [-0.15, -0.1) is 12.8 Å². The third kappa shape index (κ3) is 1.51. The highest BCUT2D eigenvalue weighted by molar-refractivity contribution is 5.10. The molecule has 1 aliphatic rings. The van der Waals surface area contributed by atoms with Crippen molar-refractivity contribution in [3.05, 3.63) is 0 Å². The van der Waals surface area contributed by atoms with Gasteiger partial charge in [0.1, 0.15) is 0 Å². The second-order valence-corrected chi connectivity index (χ2v) is 2.26. The molecule has 1 saturated heterocycles. The Hall–Kier alpha value is -0.960. The van der Waals surface area contributed by atoms with Crippen LogP contribution in [-0.2, 0) is 0 Å². The maximum Gasteiger partial charge on any atom is 0.0823 e. The lowest BCUT2D eigenvalue weighted by Crippen LogP contribution is -2.53. The van der Waals surface area contributed by atoms with Crippen LogP contribution >= 0.6 is 0 Å². The lowest BCUT2D eigenvalue weighted by Gasteiger charge is -2.25. The highest BCUT2D eigenvalue weighted by atomic mass is 15.1. The van der Waals surface area contributed by atoms with Gasteiger partial charge >= 0.3 is 0 Å². The van der Waals surface area contributed by atoms with Crippen molar-refractivity contribution < 1.29 is 0 Å². The standard InChI is InChI=1S/C8H10N2/c1-3-7-5-9-6-8(4-2)10-7/h1-2,7-10H,5-6H2. The zero-order valence-electron chi connectivity index (χ0n) is 5.72. The molecule has 2 heteroatoms. The van der Waals surface area contributed by atoms with Crippen LogP contribution in [0, 0.1) is 24.7 Å². The summed E-state index contributed by atoms with van der Waals surface area (Å²) >= 11 is 0. The van der Waals surface area contributed by atoms with Crippen molar-refractivity contribution in [2.45, 2.75) is 12.1 Å². The molecular formula is C8H10N2. The van der Waals surface area contributed by atoms with Crippen LogP contribution in [0.5, 0.6) is 0 Å². The van der Waals surface area contributed by atoms with Crippen molar-refractivity contribution in [2.75, 3.05) is 13.1 Å². The van der Waals surface area contributed by atoms with Crippen LogP contribution in [-0.4, -0.2) is 25.2 Å². The van der Waals surface area contributed by atoms with Crippen LogP contribution in [0.3, 0.4) is 0 Å². The third-order valence-corrected chi connectivity index (χ3v) is 1.50. The molecule has 2 nitrogen and oxygen atoms in total. The molecule has 0 spiro atoms. The Morgan fingerprint density at radius 2 is 1.60 bits per heavy atom. The van der Waals surface area contributed by atoms with E-state index in [9.17, 15) is 0 Å². The molecule has 1 fully saturated rings. The Balaban J connectivity index is 2.43. The first-order valence-corrected chi connectivity index (χ1v) is 3.26. The Morgan fingerprint density at radius 3 is 2.00 bits per heavy atom. The Labute approximate surface area is 61.4 Å². The summed E-state index contributed by atoms with van der Waals surface area (Å²) in [7, 11) is 0. The molecule has 1 heterocycles. The van der Waals surface area contributed by atoms with Crippen LogP contribution in [0.25, 0.3) is 0 Å². The van der Waals surface area contributed by atoms with Crippen molar-refractivity contribution >= 4 is 0 Å². The molecule has 0 bridgehead atoms. The zero-order chi connectivity index (χ0) is 7.40. The van der Waals surface area contributed by atoms with Gasteiger partial charge in [0.2, 0.25) is 0 Å². The summed E-state index contributed by atoms with van der Waals surface area (Å²) in [6, 6.07) is 0.185. The largest absolute Gasteiger partial charge is 0.312 e. The normalized spacial score (nSPS) is 32.2. The molecule has 0 aromatic carbocycles. The summed E-state index contributed by atoms with van der Waals surface area (Å²) in [5.41, 5.74) is 0. The van der Waals surface area contributed by atoms with E-state index < -0.39 is 0 Å². The van der Waals surface area contributed by atoms with Gasteiger partial charge in [-0.25, -0.2) is 0 Å². The molecule has 0 aromatic heterocycles. The molecule has 0 aromatic rings. The van der Waals surface area contributed by atoms with Gasteiger partial charge < -0.3 is 5.32 Å². The first-order valence-electron chi connectivity index (χ1n) is 3.26. The van der Waals surface area contributed by atoms with Gasteiger partial charge in [0.25, 0.3) is 0 Å². The van der Waals surface area contributed by atoms with E-state index in [4.69, 9.17) is 12.8 Å². The van der Waals surface area contributed by atoms with Gasteiger partial charge in [0, 0.05) is 13.1 Å². The van der Waals surface area contributed by atoms with E-state index in [1.165, 1.54) is 0 Å². The van der Waals surface area contributed by atoms with E-state index >= 15 is 0 Å². The molecule has 10 heavy (non-hydrogen) atoms. The summed E-state index contributed by atoms with van der Waals surface area (Å²) in [6.45, 7) is 1.63. The minimum absolute atomic E-state index is 0.0924. The number of hydrogen-bond acceptors (Lipinski definition) is 2. The molecule has 1 rings (SSSR count). The van der Waals surface area contributed by atoms with Gasteiger partial charge in [0.05, 0.1) is 12.1 Å². The predicted molar refractivity (Wildman–Crippen MR) is 41.2 cm³/mol. The van der Waals surface area contributed by atoms with E-state index in [1.54, 1.807) is 0 Å². The molecule has 0 amide bonds. The lowest BCUT2D eigenvalue weighted by molar-refractivity contribution is 0.433. The average Bonchev–Trinajstić information content (AvgIpc) is 2.05. The molecule has 0 saturated carbocycles. The van der Waals surface area contributed by atoms with E-state index in [0.29, 0.717) is 0 Å². The minimum atomic E-state index is 0.0924. The van der Waals surface area contributed by atoms with Gasteiger partial charge in [0.15, 0.2) is 0 Å². The van der Waals surface area contributed by atoms with Gasteiger partial charge in [-0.05, 0) is 0 Å². The molecule has 2 N–H and O–H groups in total. The van der Waals surface area contributed by atoms with Gasteiger partial charge in [-0.3, -0.25) is 5.32 Å². The maximum atomic E-state index is 5.20. The summed E-state index contributed by atoms with van der Waals surface area (Å²) in [4.78, 5) is 0. The van der Waals surface area contributed by atoms with Crippen molar-refractivity contribution in [3.8, 4) is 24.7 Å². The summed E-state index contributed by atoms with van der Waals surface area (Å²) in [5, 5.41) is 6.26. The molecule has 0 radical (unpaired) electrons. The highest BCUT2D eigenvalue weighted by Gasteiger charge is 2.15. The number of nitrogens with one attached hydrogen (secondary N) is 2. The summed E-state index contributed by atoms with van der Waals surface area (Å²) in [5.74, 6) is 5.20. The molecule has 52 valence electrons. The SMILES string of the molecule is C#CC1CNCC(C#C)N1. The summed E-state index contributed by atoms with van der Waals surface area (Å²) in [6.07, 6.45) is 10.4. The van der Waals surface area contributed by atoms with Gasteiger partial charge in [-0.2, -0.15) is 0 Å². The van der Waals surface area contributed by atoms with E-state index in [-0.39, 0.29) is 12.1 Å². The van der Waals surface area contributed by atoms with Crippen molar-refractivity contribution in [2.24, 2.45) is 0 Å². The molecule has 2 atom stereocenters. The molecule has 1 aliphatic heterocycles. The topological polar surface area (TPSA) is 24.1 Å². The van der Waals surface area contributed by atoms with Crippen LogP contribution in [0.15, 0.2) is 0 Å². The van der Waals surface area contributed by atoms with Crippen LogP contribution < -0.4 is 10.6 Å².